The highest BCUT2D eigenvalue weighted by molar-refractivity contribution is 7.90. The Hall–Kier alpha value is -2.27. The summed E-state index contributed by atoms with van der Waals surface area (Å²) in [4.78, 5) is 15.4. The monoisotopic (exact) mass is 549 g/mol. The van der Waals surface area contributed by atoms with Gasteiger partial charge in [0.25, 0.3) is 5.91 Å². The van der Waals surface area contributed by atoms with Gasteiger partial charge in [0.2, 0.25) is 10.0 Å². The molecule has 0 aromatic heterocycles. The fourth-order valence-electron chi connectivity index (χ4n) is 4.84. The normalized spacial score (nSPS) is 16.6. The highest BCUT2D eigenvalue weighted by Crippen LogP contribution is 2.23. The van der Waals surface area contributed by atoms with Crippen LogP contribution in [-0.2, 0) is 26.3 Å². The molecular formula is C27H39N3O5S2. The van der Waals surface area contributed by atoms with Crippen molar-refractivity contribution in [1.82, 2.24) is 9.21 Å². The molecule has 10 heteroatoms. The number of sulfone groups is 1. The van der Waals surface area contributed by atoms with Crippen molar-refractivity contribution in [2.45, 2.75) is 50.5 Å². The maximum absolute atomic E-state index is 12.7. The van der Waals surface area contributed by atoms with Gasteiger partial charge in [-0.25, -0.2) is 21.1 Å². The molecule has 1 amide bonds. The summed E-state index contributed by atoms with van der Waals surface area (Å²) in [5.41, 5.74) is 2.20. The van der Waals surface area contributed by atoms with E-state index in [4.69, 9.17) is 0 Å². The van der Waals surface area contributed by atoms with Gasteiger partial charge in [-0.15, -0.1) is 0 Å². The minimum Gasteiger partial charge on any atom is -0.322 e. The lowest BCUT2D eigenvalue weighted by Gasteiger charge is -2.36. The van der Waals surface area contributed by atoms with Crippen LogP contribution in [0, 0.1) is 5.92 Å². The molecule has 1 heterocycles. The standard InChI is InChI=1S/C27H39N3O5S2/c1-5-15-29(20-22-13-16-30(17-14-22)37(4,34)35)21(2)18-23-7-6-8-25(19-23)28-27(31)24-9-11-26(12-10-24)36(3,32)33/h6-12,19,21-22H,5,13-18,20H2,1-4H3,(H,28,31)/t21-/m1/s1. The zero-order valence-corrected chi connectivity index (χ0v) is 23.8. The van der Waals surface area contributed by atoms with Crippen molar-refractivity contribution in [2.75, 3.05) is 44.0 Å². The van der Waals surface area contributed by atoms with E-state index in [9.17, 15) is 21.6 Å². The van der Waals surface area contributed by atoms with E-state index >= 15 is 0 Å². The minimum absolute atomic E-state index is 0.178. The first-order chi connectivity index (χ1) is 17.4. The summed E-state index contributed by atoms with van der Waals surface area (Å²) in [6.07, 6.45) is 6.05. The number of carbonyl (C=O) groups is 1. The van der Waals surface area contributed by atoms with Crippen molar-refractivity contribution in [2.24, 2.45) is 5.92 Å². The molecule has 1 N–H and O–H groups in total. The van der Waals surface area contributed by atoms with E-state index in [0.717, 1.165) is 50.6 Å². The van der Waals surface area contributed by atoms with Gasteiger partial charge in [0.05, 0.1) is 11.2 Å². The number of hydrogen-bond donors (Lipinski definition) is 1. The average Bonchev–Trinajstić information content (AvgIpc) is 2.83. The highest BCUT2D eigenvalue weighted by Gasteiger charge is 2.27. The molecule has 0 bridgehead atoms. The molecule has 1 aliphatic rings. The number of nitrogens with one attached hydrogen (secondary N) is 1. The van der Waals surface area contributed by atoms with E-state index < -0.39 is 19.9 Å². The summed E-state index contributed by atoms with van der Waals surface area (Å²) in [6.45, 7) is 7.51. The Balaban J connectivity index is 1.60. The Morgan fingerprint density at radius 1 is 1.05 bits per heavy atom. The van der Waals surface area contributed by atoms with Gasteiger partial charge < -0.3 is 10.2 Å². The van der Waals surface area contributed by atoms with E-state index in [2.05, 4.69) is 30.1 Å². The summed E-state index contributed by atoms with van der Waals surface area (Å²) >= 11 is 0. The second-order valence-electron chi connectivity index (χ2n) is 10.1. The van der Waals surface area contributed by atoms with Crippen LogP contribution >= 0.6 is 0 Å². The lowest BCUT2D eigenvalue weighted by molar-refractivity contribution is 0.102. The molecular weight excluding hydrogens is 510 g/mol. The molecule has 0 unspecified atom stereocenters. The Morgan fingerprint density at radius 3 is 2.27 bits per heavy atom. The quantitative estimate of drug-likeness (QED) is 0.459. The molecule has 2 aromatic carbocycles. The molecule has 2 aromatic rings. The van der Waals surface area contributed by atoms with Gasteiger partial charge >= 0.3 is 0 Å². The lowest BCUT2D eigenvalue weighted by Crippen LogP contribution is -2.44. The third kappa shape index (κ3) is 8.63. The van der Waals surface area contributed by atoms with Gasteiger partial charge in [-0.3, -0.25) is 4.79 Å². The first kappa shape index (κ1) is 29.3. The van der Waals surface area contributed by atoms with Gasteiger partial charge in [0.1, 0.15) is 0 Å². The van der Waals surface area contributed by atoms with Gasteiger partial charge in [0, 0.05) is 43.2 Å². The number of piperidine rings is 1. The van der Waals surface area contributed by atoms with E-state index in [-0.39, 0.29) is 10.8 Å². The molecule has 0 spiro atoms. The number of rotatable bonds is 11. The molecule has 3 rings (SSSR count). The van der Waals surface area contributed by atoms with Crippen LogP contribution in [-0.4, -0.2) is 76.7 Å². The second-order valence-corrected chi connectivity index (χ2v) is 14.1. The van der Waals surface area contributed by atoms with Gasteiger partial charge in [-0.1, -0.05) is 19.1 Å². The molecule has 1 saturated heterocycles. The van der Waals surface area contributed by atoms with Crippen molar-refractivity contribution >= 4 is 31.5 Å². The smallest absolute Gasteiger partial charge is 0.255 e. The predicted octanol–water partition coefficient (Wildman–Crippen LogP) is 3.66. The average molecular weight is 550 g/mol. The molecule has 1 atom stereocenters. The van der Waals surface area contributed by atoms with Crippen LogP contribution in [0.2, 0.25) is 0 Å². The lowest BCUT2D eigenvalue weighted by atomic mass is 9.96. The van der Waals surface area contributed by atoms with Crippen LogP contribution in [0.25, 0.3) is 0 Å². The van der Waals surface area contributed by atoms with E-state index in [1.807, 2.05) is 18.2 Å². The number of sulfonamides is 1. The third-order valence-electron chi connectivity index (χ3n) is 6.93. The molecule has 0 saturated carbocycles. The van der Waals surface area contributed by atoms with Crippen LogP contribution in [0.5, 0.6) is 0 Å². The number of amides is 1. The number of carbonyl (C=O) groups excluding carboxylic acids is 1. The van der Waals surface area contributed by atoms with Crippen LogP contribution in [0.15, 0.2) is 53.4 Å². The van der Waals surface area contributed by atoms with Gasteiger partial charge in [-0.2, -0.15) is 0 Å². The number of benzene rings is 2. The van der Waals surface area contributed by atoms with Crippen molar-refractivity contribution < 1.29 is 21.6 Å². The second kappa shape index (κ2) is 12.5. The van der Waals surface area contributed by atoms with E-state index in [1.165, 1.54) is 30.5 Å². The summed E-state index contributed by atoms with van der Waals surface area (Å²) in [5, 5.41) is 2.91. The fraction of sp³-hybridized carbons (Fsp3) is 0.519. The molecule has 37 heavy (non-hydrogen) atoms. The summed E-state index contributed by atoms with van der Waals surface area (Å²) in [6, 6.07) is 14.0. The first-order valence-electron chi connectivity index (χ1n) is 12.8. The Bertz CT molecular complexity index is 1270. The van der Waals surface area contributed by atoms with Gasteiger partial charge in [0.15, 0.2) is 9.84 Å². The van der Waals surface area contributed by atoms with Crippen LogP contribution in [0.1, 0.15) is 49.0 Å². The maximum atomic E-state index is 12.7. The van der Waals surface area contributed by atoms with E-state index in [1.54, 1.807) is 4.31 Å². The van der Waals surface area contributed by atoms with Gasteiger partial charge in [-0.05, 0) is 87.0 Å². The molecule has 8 nitrogen and oxygen atoms in total. The zero-order chi connectivity index (χ0) is 27.2. The Morgan fingerprint density at radius 2 is 1.70 bits per heavy atom. The van der Waals surface area contributed by atoms with Crippen LogP contribution < -0.4 is 5.32 Å². The van der Waals surface area contributed by atoms with Crippen LogP contribution in [0.4, 0.5) is 5.69 Å². The van der Waals surface area contributed by atoms with Crippen molar-refractivity contribution in [3.63, 3.8) is 0 Å². The largest absolute Gasteiger partial charge is 0.322 e. The topological polar surface area (TPSA) is 104 Å². The Labute approximate surface area is 222 Å². The highest BCUT2D eigenvalue weighted by atomic mass is 32.2. The molecule has 0 radical (unpaired) electrons. The third-order valence-corrected chi connectivity index (χ3v) is 9.36. The molecule has 204 valence electrons. The number of nitrogens with zero attached hydrogens (tertiary/aromatic N) is 2. The fourth-order valence-corrected chi connectivity index (χ4v) is 6.34. The molecule has 1 aliphatic heterocycles. The SMILES string of the molecule is CCCN(CC1CCN(S(C)(=O)=O)CC1)[C@H](C)Cc1cccc(NC(=O)c2ccc(S(C)(=O)=O)cc2)c1. The zero-order valence-electron chi connectivity index (χ0n) is 22.2. The number of anilines is 1. The van der Waals surface area contributed by atoms with Crippen LogP contribution in [0.3, 0.4) is 0 Å². The first-order valence-corrected chi connectivity index (χ1v) is 16.5. The maximum Gasteiger partial charge on any atom is 0.255 e. The van der Waals surface area contributed by atoms with Crippen molar-refractivity contribution in [1.29, 1.82) is 0 Å². The molecule has 0 aliphatic carbocycles. The minimum atomic E-state index is -3.31. The summed E-state index contributed by atoms with van der Waals surface area (Å²) in [7, 11) is -6.43. The summed E-state index contributed by atoms with van der Waals surface area (Å²) < 4.78 is 48.5. The predicted molar refractivity (Wildman–Crippen MR) is 148 cm³/mol. The summed E-state index contributed by atoms with van der Waals surface area (Å²) in [5.74, 6) is 0.185. The number of hydrogen-bond acceptors (Lipinski definition) is 6. The van der Waals surface area contributed by atoms with Crippen molar-refractivity contribution in [3.8, 4) is 0 Å². The van der Waals surface area contributed by atoms with Crippen molar-refractivity contribution in [3.05, 3.63) is 59.7 Å². The Kier molecular flexibility index (Phi) is 9.91. The molecule has 1 fully saturated rings. The van der Waals surface area contributed by atoms with E-state index in [0.29, 0.717) is 36.3 Å².